The molecule has 134 valence electrons. The van der Waals surface area contributed by atoms with E-state index in [0.29, 0.717) is 13.0 Å². The van der Waals surface area contributed by atoms with Crippen LogP contribution in [0, 0.1) is 0 Å². The summed E-state index contributed by atoms with van der Waals surface area (Å²) in [7, 11) is 0. The van der Waals surface area contributed by atoms with E-state index in [4.69, 9.17) is 4.98 Å². The van der Waals surface area contributed by atoms with E-state index in [-0.39, 0.29) is 5.91 Å². The smallest absolute Gasteiger partial charge is 0.226 e. The molecule has 0 bridgehead atoms. The highest BCUT2D eigenvalue weighted by Crippen LogP contribution is 2.26. The second kappa shape index (κ2) is 8.05. The van der Waals surface area contributed by atoms with Crippen LogP contribution in [0.1, 0.15) is 34.1 Å². The van der Waals surface area contributed by atoms with Gasteiger partial charge in [0.15, 0.2) is 0 Å². The van der Waals surface area contributed by atoms with Crippen molar-refractivity contribution in [3.05, 3.63) is 51.2 Å². The lowest BCUT2D eigenvalue weighted by Gasteiger charge is -2.06. The van der Waals surface area contributed by atoms with Crippen molar-refractivity contribution < 1.29 is 4.79 Å². The van der Waals surface area contributed by atoms with Gasteiger partial charge in [0.25, 0.3) is 0 Å². The summed E-state index contributed by atoms with van der Waals surface area (Å²) in [4.78, 5) is 27.0. The molecule has 0 atom stereocenters. The van der Waals surface area contributed by atoms with E-state index in [0.717, 1.165) is 34.1 Å². The molecule has 1 amide bonds. The third-order valence-electron chi connectivity index (χ3n) is 4.35. The van der Waals surface area contributed by atoms with Crippen LogP contribution < -0.4 is 5.32 Å². The van der Waals surface area contributed by atoms with Crippen LogP contribution in [0.25, 0.3) is 10.6 Å². The standard InChI is InChI=1S/C19H20N4OS2/c24-17(10-14-12-25-19(22-14)13-4-3-8-20-11-13)21-9-7-18-23-15-5-1-2-6-16(15)26-18/h3-4,8,11-12H,1-2,5-7,9-10H2,(H,21,24). The molecule has 0 aromatic carbocycles. The van der Waals surface area contributed by atoms with Gasteiger partial charge < -0.3 is 5.32 Å². The summed E-state index contributed by atoms with van der Waals surface area (Å²) in [5, 5.41) is 6.97. The summed E-state index contributed by atoms with van der Waals surface area (Å²) < 4.78 is 0. The van der Waals surface area contributed by atoms with Gasteiger partial charge in [0, 0.05) is 41.2 Å². The van der Waals surface area contributed by atoms with Gasteiger partial charge in [-0.1, -0.05) is 0 Å². The molecule has 26 heavy (non-hydrogen) atoms. The van der Waals surface area contributed by atoms with Crippen LogP contribution in [0.5, 0.6) is 0 Å². The van der Waals surface area contributed by atoms with Crippen LogP contribution in [0.4, 0.5) is 0 Å². The first-order valence-corrected chi connectivity index (χ1v) is 10.6. The predicted octanol–water partition coefficient (Wildman–Crippen LogP) is 3.44. The Bertz CT molecular complexity index is 865. The lowest BCUT2D eigenvalue weighted by atomic mass is 10.0. The molecule has 0 saturated heterocycles. The third kappa shape index (κ3) is 4.16. The minimum absolute atomic E-state index is 0.00866. The van der Waals surface area contributed by atoms with E-state index in [9.17, 15) is 4.79 Å². The first-order valence-electron chi connectivity index (χ1n) is 8.87. The highest BCUT2D eigenvalue weighted by atomic mass is 32.1. The van der Waals surface area contributed by atoms with Crippen LogP contribution in [0.15, 0.2) is 29.9 Å². The van der Waals surface area contributed by atoms with Gasteiger partial charge in [0.2, 0.25) is 5.91 Å². The van der Waals surface area contributed by atoms with Gasteiger partial charge in [-0.25, -0.2) is 9.97 Å². The maximum Gasteiger partial charge on any atom is 0.226 e. The molecular formula is C19H20N4OS2. The van der Waals surface area contributed by atoms with Crippen LogP contribution in [-0.4, -0.2) is 27.4 Å². The number of aryl methyl sites for hydroxylation is 2. The SMILES string of the molecule is O=C(Cc1csc(-c2cccnc2)n1)NCCc1nc2c(s1)CCCC2. The molecule has 1 N–H and O–H groups in total. The molecule has 5 nitrogen and oxygen atoms in total. The predicted molar refractivity (Wildman–Crippen MR) is 105 cm³/mol. The summed E-state index contributed by atoms with van der Waals surface area (Å²) in [6.45, 7) is 0.630. The number of nitrogens with one attached hydrogen (secondary N) is 1. The number of hydrogen-bond acceptors (Lipinski definition) is 6. The molecule has 4 rings (SSSR count). The third-order valence-corrected chi connectivity index (χ3v) is 6.51. The summed E-state index contributed by atoms with van der Waals surface area (Å²) in [5.41, 5.74) is 3.07. The van der Waals surface area contributed by atoms with Gasteiger partial charge in [-0.05, 0) is 37.8 Å². The molecule has 0 radical (unpaired) electrons. The minimum Gasteiger partial charge on any atom is -0.355 e. The number of thiazole rings is 2. The molecule has 0 aliphatic heterocycles. The molecular weight excluding hydrogens is 364 g/mol. The van der Waals surface area contributed by atoms with Crippen LogP contribution in [-0.2, 0) is 30.5 Å². The number of fused-ring (bicyclic) bond motifs is 1. The number of rotatable bonds is 6. The zero-order valence-electron chi connectivity index (χ0n) is 14.4. The summed E-state index contributed by atoms with van der Waals surface area (Å²) >= 11 is 3.35. The number of nitrogens with zero attached hydrogens (tertiary/aromatic N) is 3. The van der Waals surface area contributed by atoms with Crippen LogP contribution in [0.2, 0.25) is 0 Å². The Labute approximate surface area is 160 Å². The van der Waals surface area contributed by atoms with Crippen molar-refractivity contribution >= 4 is 28.6 Å². The zero-order valence-corrected chi connectivity index (χ0v) is 16.0. The molecule has 3 heterocycles. The Kier molecular flexibility index (Phi) is 5.36. The quantitative estimate of drug-likeness (QED) is 0.707. The first-order chi connectivity index (χ1) is 12.8. The fourth-order valence-corrected chi connectivity index (χ4v) is 5.03. The Morgan fingerprint density at radius 2 is 2.15 bits per heavy atom. The van der Waals surface area contributed by atoms with E-state index >= 15 is 0 Å². The molecule has 0 spiro atoms. The molecule has 3 aromatic heterocycles. The number of carbonyl (C=O) groups is 1. The van der Waals surface area contributed by atoms with E-state index in [1.54, 1.807) is 23.7 Å². The van der Waals surface area contributed by atoms with Gasteiger partial charge in [-0.2, -0.15) is 0 Å². The molecule has 0 unspecified atom stereocenters. The molecule has 0 fully saturated rings. The number of carbonyl (C=O) groups excluding carboxylic acids is 1. The largest absolute Gasteiger partial charge is 0.355 e. The second-order valence-electron chi connectivity index (χ2n) is 6.35. The van der Waals surface area contributed by atoms with Crippen molar-refractivity contribution in [1.82, 2.24) is 20.3 Å². The van der Waals surface area contributed by atoms with E-state index in [1.165, 1.54) is 29.8 Å². The lowest BCUT2D eigenvalue weighted by molar-refractivity contribution is -0.120. The molecule has 7 heteroatoms. The van der Waals surface area contributed by atoms with Crippen molar-refractivity contribution in [2.24, 2.45) is 0 Å². The molecule has 1 aliphatic carbocycles. The fourth-order valence-electron chi connectivity index (χ4n) is 3.06. The number of hydrogen-bond donors (Lipinski definition) is 1. The van der Waals surface area contributed by atoms with Gasteiger partial charge in [-0.3, -0.25) is 9.78 Å². The Morgan fingerprint density at radius 3 is 3.00 bits per heavy atom. The number of pyridine rings is 1. The van der Waals surface area contributed by atoms with Crippen molar-refractivity contribution in [1.29, 1.82) is 0 Å². The van der Waals surface area contributed by atoms with Crippen molar-refractivity contribution in [2.45, 2.75) is 38.5 Å². The second-order valence-corrected chi connectivity index (χ2v) is 8.37. The Balaban J connectivity index is 1.27. The van der Waals surface area contributed by atoms with E-state index in [1.807, 2.05) is 28.8 Å². The van der Waals surface area contributed by atoms with Crippen LogP contribution in [0.3, 0.4) is 0 Å². The maximum absolute atomic E-state index is 12.2. The highest BCUT2D eigenvalue weighted by molar-refractivity contribution is 7.13. The number of amides is 1. The summed E-state index contributed by atoms with van der Waals surface area (Å²) in [5.74, 6) is 0.00866. The summed E-state index contributed by atoms with van der Waals surface area (Å²) in [6.07, 6.45) is 9.46. The fraction of sp³-hybridized carbons (Fsp3) is 0.368. The normalized spacial score (nSPS) is 13.4. The lowest BCUT2D eigenvalue weighted by Crippen LogP contribution is -2.27. The topological polar surface area (TPSA) is 67.8 Å². The first kappa shape index (κ1) is 17.3. The van der Waals surface area contributed by atoms with Gasteiger partial charge in [0.05, 0.1) is 22.8 Å². The monoisotopic (exact) mass is 384 g/mol. The molecule has 1 aliphatic rings. The maximum atomic E-state index is 12.2. The highest BCUT2D eigenvalue weighted by Gasteiger charge is 2.15. The van der Waals surface area contributed by atoms with Crippen LogP contribution >= 0.6 is 22.7 Å². The van der Waals surface area contributed by atoms with E-state index in [2.05, 4.69) is 15.3 Å². The molecule has 0 saturated carbocycles. The average Bonchev–Trinajstić information content (AvgIpc) is 3.29. The van der Waals surface area contributed by atoms with E-state index < -0.39 is 0 Å². The van der Waals surface area contributed by atoms with Crippen molar-refractivity contribution in [3.63, 3.8) is 0 Å². The van der Waals surface area contributed by atoms with Gasteiger partial charge in [-0.15, -0.1) is 22.7 Å². The zero-order chi connectivity index (χ0) is 17.8. The number of aromatic nitrogens is 3. The summed E-state index contributed by atoms with van der Waals surface area (Å²) in [6, 6.07) is 3.86. The Hall–Kier alpha value is -2.12. The van der Waals surface area contributed by atoms with Crippen molar-refractivity contribution in [2.75, 3.05) is 6.54 Å². The Morgan fingerprint density at radius 1 is 1.23 bits per heavy atom. The minimum atomic E-state index is 0.00866. The van der Waals surface area contributed by atoms with Crippen molar-refractivity contribution in [3.8, 4) is 10.6 Å². The molecule has 3 aromatic rings. The average molecular weight is 385 g/mol. The van der Waals surface area contributed by atoms with Gasteiger partial charge in [0.1, 0.15) is 5.01 Å². The van der Waals surface area contributed by atoms with Gasteiger partial charge >= 0.3 is 0 Å².